The van der Waals surface area contributed by atoms with Crippen LogP contribution < -0.4 is 10.6 Å². The third-order valence-electron chi connectivity index (χ3n) is 5.56. The summed E-state index contributed by atoms with van der Waals surface area (Å²) in [5.41, 5.74) is -1.91. The van der Waals surface area contributed by atoms with Gasteiger partial charge in [-0.2, -0.15) is 13.2 Å². The molecular formula is C22H15F4N3O5. The van der Waals surface area contributed by atoms with Crippen molar-refractivity contribution in [2.45, 2.75) is 31.6 Å². The first-order chi connectivity index (χ1) is 16.0. The van der Waals surface area contributed by atoms with Crippen LogP contribution in [0.25, 0.3) is 0 Å². The van der Waals surface area contributed by atoms with Crippen molar-refractivity contribution in [3.05, 3.63) is 70.0 Å². The molecule has 0 spiro atoms. The Labute approximate surface area is 188 Å². The maximum atomic E-state index is 13.8. The van der Waals surface area contributed by atoms with Crippen LogP contribution in [0.1, 0.15) is 55.0 Å². The maximum Gasteiger partial charge on any atom is 0.419 e. The summed E-state index contributed by atoms with van der Waals surface area (Å²) in [6.45, 7) is -0.000371. The summed E-state index contributed by atoms with van der Waals surface area (Å²) in [5.74, 6) is -5.61. The second-order valence-corrected chi connectivity index (χ2v) is 7.72. The molecule has 0 bridgehead atoms. The predicted octanol–water partition coefficient (Wildman–Crippen LogP) is 2.18. The van der Waals surface area contributed by atoms with E-state index in [0.29, 0.717) is 17.7 Å². The molecule has 4 rings (SSSR count). The minimum Gasteiger partial charge on any atom is -0.322 e. The van der Waals surface area contributed by atoms with Crippen LogP contribution in [0.3, 0.4) is 0 Å². The molecular weight excluding hydrogens is 462 g/mol. The summed E-state index contributed by atoms with van der Waals surface area (Å²) < 4.78 is 51.9. The van der Waals surface area contributed by atoms with Crippen LogP contribution in [-0.2, 0) is 22.3 Å². The Morgan fingerprint density at radius 3 is 2.44 bits per heavy atom. The Morgan fingerprint density at radius 2 is 1.79 bits per heavy atom. The third-order valence-corrected chi connectivity index (χ3v) is 5.56. The number of carbonyl (C=O) groups is 5. The summed E-state index contributed by atoms with van der Waals surface area (Å²) in [4.78, 5) is 62.9. The van der Waals surface area contributed by atoms with Crippen molar-refractivity contribution < 1.29 is 41.5 Å². The van der Waals surface area contributed by atoms with Crippen LogP contribution in [0.15, 0.2) is 36.4 Å². The lowest BCUT2D eigenvalue weighted by atomic mass is 10.0. The normalized spacial score (nSPS) is 17.9. The molecule has 12 heteroatoms. The molecule has 2 aromatic carbocycles. The van der Waals surface area contributed by atoms with E-state index >= 15 is 0 Å². The molecule has 2 aromatic rings. The van der Waals surface area contributed by atoms with Crippen LogP contribution in [-0.4, -0.2) is 40.5 Å². The van der Waals surface area contributed by atoms with Gasteiger partial charge in [-0.25, -0.2) is 4.39 Å². The van der Waals surface area contributed by atoms with Gasteiger partial charge in [0.2, 0.25) is 11.8 Å². The third kappa shape index (κ3) is 4.14. The molecule has 2 N–H and O–H groups in total. The number of hydrogen-bond acceptors (Lipinski definition) is 5. The zero-order chi connectivity index (χ0) is 24.8. The lowest BCUT2D eigenvalue weighted by Gasteiger charge is -2.29. The van der Waals surface area contributed by atoms with Gasteiger partial charge >= 0.3 is 6.18 Å². The number of fused-ring (bicyclic) bond motifs is 1. The number of nitrogens with one attached hydrogen (secondary N) is 2. The largest absolute Gasteiger partial charge is 0.419 e. The summed E-state index contributed by atoms with van der Waals surface area (Å²) >= 11 is 0. The highest BCUT2D eigenvalue weighted by Gasteiger charge is 2.41. The summed E-state index contributed by atoms with van der Waals surface area (Å²) in [6.07, 6.45) is -4.79. The number of rotatable bonds is 3. The number of hydrogen-bond donors (Lipinski definition) is 2. The minimum atomic E-state index is -4.95. The maximum absolute atomic E-state index is 13.8. The smallest absolute Gasteiger partial charge is 0.322 e. The number of amides is 5. The quantitative estimate of drug-likeness (QED) is 0.520. The number of carbonyl (C=O) groups excluding carboxylic acids is 5. The molecule has 1 unspecified atom stereocenters. The van der Waals surface area contributed by atoms with Gasteiger partial charge in [-0.1, -0.05) is 12.1 Å². The van der Waals surface area contributed by atoms with E-state index in [9.17, 15) is 41.5 Å². The highest BCUT2D eigenvalue weighted by Crippen LogP contribution is 2.32. The molecule has 0 aromatic heterocycles. The van der Waals surface area contributed by atoms with Crippen LogP contribution in [0.5, 0.6) is 0 Å². The molecule has 0 radical (unpaired) electrons. The van der Waals surface area contributed by atoms with E-state index in [0.717, 1.165) is 6.07 Å². The zero-order valence-corrected chi connectivity index (χ0v) is 17.2. The fourth-order valence-corrected chi connectivity index (χ4v) is 3.93. The fraction of sp³-hybridized carbons (Fsp3) is 0.227. The first-order valence-electron chi connectivity index (χ1n) is 9.96. The van der Waals surface area contributed by atoms with Crippen molar-refractivity contribution in [2.24, 2.45) is 0 Å². The van der Waals surface area contributed by atoms with E-state index in [1.165, 1.54) is 17.0 Å². The van der Waals surface area contributed by atoms with Crippen LogP contribution in [0, 0.1) is 5.82 Å². The highest BCUT2D eigenvalue weighted by atomic mass is 19.4. The fourth-order valence-electron chi connectivity index (χ4n) is 3.93. The SMILES string of the molecule is O=C1CCC(N2Cc3cccc(C(=O)NC(=O)c4ccc(C(F)(F)F)c(F)c4)c3C2=O)C(=O)N1. The topological polar surface area (TPSA) is 113 Å². The van der Waals surface area contributed by atoms with Gasteiger partial charge in [-0.15, -0.1) is 0 Å². The second kappa shape index (κ2) is 8.36. The lowest BCUT2D eigenvalue weighted by Crippen LogP contribution is -2.52. The molecule has 0 saturated carbocycles. The molecule has 1 atom stereocenters. The van der Waals surface area contributed by atoms with E-state index in [-0.39, 0.29) is 30.5 Å². The van der Waals surface area contributed by atoms with Gasteiger partial charge in [0.15, 0.2) is 0 Å². The van der Waals surface area contributed by atoms with E-state index < -0.39 is 58.7 Å². The molecule has 1 saturated heterocycles. The van der Waals surface area contributed by atoms with Crippen molar-refractivity contribution in [3.63, 3.8) is 0 Å². The highest BCUT2D eigenvalue weighted by molar-refractivity contribution is 6.16. The summed E-state index contributed by atoms with van der Waals surface area (Å²) in [6, 6.07) is 4.83. The van der Waals surface area contributed by atoms with E-state index in [1.807, 2.05) is 5.32 Å². The monoisotopic (exact) mass is 477 g/mol. The number of halogens is 4. The average molecular weight is 477 g/mol. The minimum absolute atomic E-state index is 0.000371. The van der Waals surface area contributed by atoms with Crippen molar-refractivity contribution in [1.82, 2.24) is 15.5 Å². The van der Waals surface area contributed by atoms with Gasteiger partial charge < -0.3 is 4.90 Å². The number of nitrogens with zero attached hydrogens (tertiary/aromatic N) is 1. The summed E-state index contributed by atoms with van der Waals surface area (Å²) in [7, 11) is 0. The van der Waals surface area contributed by atoms with Gasteiger partial charge in [-0.05, 0) is 36.2 Å². The molecule has 2 aliphatic heterocycles. The first kappa shape index (κ1) is 23.1. The van der Waals surface area contributed by atoms with Gasteiger partial charge in [0.25, 0.3) is 17.7 Å². The Balaban J connectivity index is 1.55. The van der Waals surface area contributed by atoms with Gasteiger partial charge in [-0.3, -0.25) is 34.6 Å². The molecule has 176 valence electrons. The second-order valence-electron chi connectivity index (χ2n) is 7.72. The van der Waals surface area contributed by atoms with E-state index in [2.05, 4.69) is 5.32 Å². The molecule has 34 heavy (non-hydrogen) atoms. The Kier molecular flexibility index (Phi) is 5.67. The summed E-state index contributed by atoms with van der Waals surface area (Å²) in [5, 5.41) is 4.09. The Bertz CT molecular complexity index is 1260. The molecule has 1 fully saturated rings. The average Bonchev–Trinajstić information content (AvgIpc) is 3.09. The van der Waals surface area contributed by atoms with Crippen molar-refractivity contribution >= 4 is 29.5 Å². The molecule has 8 nitrogen and oxygen atoms in total. The van der Waals surface area contributed by atoms with Gasteiger partial charge in [0.1, 0.15) is 11.9 Å². The van der Waals surface area contributed by atoms with Crippen molar-refractivity contribution in [1.29, 1.82) is 0 Å². The standard InChI is InChI=1S/C22H15F4N3O5/c23-14-8-10(4-5-13(14)22(24,25)26)18(31)28-19(32)12-3-1-2-11-9-29(21(34)17(11)12)15-6-7-16(30)27-20(15)33/h1-5,8,15H,6-7,9H2,(H,27,30,33)(H,28,31,32). The number of piperidine rings is 1. The van der Waals surface area contributed by atoms with E-state index in [1.54, 1.807) is 6.07 Å². The number of imide groups is 2. The van der Waals surface area contributed by atoms with Crippen LogP contribution >= 0.6 is 0 Å². The van der Waals surface area contributed by atoms with E-state index in [4.69, 9.17) is 0 Å². The number of benzene rings is 2. The van der Waals surface area contributed by atoms with Crippen LogP contribution in [0.2, 0.25) is 0 Å². The molecule has 2 aliphatic rings. The molecule has 0 aliphatic carbocycles. The first-order valence-corrected chi connectivity index (χ1v) is 9.96. The predicted molar refractivity (Wildman–Crippen MR) is 106 cm³/mol. The Morgan fingerprint density at radius 1 is 1.06 bits per heavy atom. The van der Waals surface area contributed by atoms with Gasteiger partial charge in [0, 0.05) is 18.5 Å². The molecule has 5 amide bonds. The Hall–Kier alpha value is -4.09. The van der Waals surface area contributed by atoms with Gasteiger partial charge in [0.05, 0.1) is 16.7 Å². The molecule has 2 heterocycles. The van der Waals surface area contributed by atoms with Crippen LogP contribution in [0.4, 0.5) is 17.6 Å². The van der Waals surface area contributed by atoms with Crippen molar-refractivity contribution in [2.75, 3.05) is 0 Å². The lowest BCUT2D eigenvalue weighted by molar-refractivity contribution is -0.140. The van der Waals surface area contributed by atoms with Crippen molar-refractivity contribution in [3.8, 4) is 0 Å². The number of alkyl halides is 3. The zero-order valence-electron chi connectivity index (χ0n) is 17.2.